The van der Waals surface area contributed by atoms with Crippen LogP contribution in [-0.4, -0.2) is 0 Å². The van der Waals surface area contributed by atoms with Gasteiger partial charge < -0.3 is 14.4 Å². The average Bonchev–Trinajstić information content (AvgIpc) is 3.86. The van der Waals surface area contributed by atoms with E-state index in [9.17, 15) is 0 Å². The van der Waals surface area contributed by atoms with Crippen molar-refractivity contribution in [3.05, 3.63) is 293 Å². The third kappa shape index (κ3) is 5.11. The Morgan fingerprint density at radius 2 is 0.725 bits per heavy atom. The standard InChI is InChI=1S/C66H41NO2/c1-2-17-42(18-3-1)43-33-35-46(36-34-43)67(47-37-38-49-48-21-6-7-22-51(48)65(58(49)41-47)52-23-8-12-29-60(52)68-61-30-13-9-24-53(61)65)59-28-16-27-56-64(59)50-39-44-19-4-5-20-45(44)40-57(50)66(56)54-25-10-14-31-62(54)69-63-32-15-11-26-55(63)66/h1-41H. The molecule has 0 unspecified atom stereocenters. The Labute approximate surface area is 400 Å². The van der Waals surface area contributed by atoms with Gasteiger partial charge in [0.1, 0.15) is 23.0 Å². The molecule has 2 spiro atoms. The molecule has 3 nitrogen and oxygen atoms in total. The van der Waals surface area contributed by atoms with Crippen LogP contribution in [0.3, 0.4) is 0 Å². The van der Waals surface area contributed by atoms with E-state index in [0.717, 1.165) is 62.3 Å². The number of anilines is 3. The fourth-order valence-corrected chi connectivity index (χ4v) is 12.6. The molecule has 0 amide bonds. The van der Waals surface area contributed by atoms with Gasteiger partial charge in [-0.3, -0.25) is 0 Å². The highest BCUT2D eigenvalue weighted by Gasteiger charge is 2.53. The summed E-state index contributed by atoms with van der Waals surface area (Å²) in [7, 11) is 0. The highest BCUT2D eigenvalue weighted by Crippen LogP contribution is 2.66. The van der Waals surface area contributed by atoms with Gasteiger partial charge in [0.2, 0.25) is 0 Å². The van der Waals surface area contributed by atoms with Crippen molar-refractivity contribution in [3.8, 4) is 56.4 Å². The minimum absolute atomic E-state index is 0.625. The zero-order valence-electron chi connectivity index (χ0n) is 37.4. The number of nitrogens with zero attached hydrogens (tertiary/aromatic N) is 1. The summed E-state index contributed by atoms with van der Waals surface area (Å²) < 4.78 is 13.6. The van der Waals surface area contributed by atoms with E-state index in [0.29, 0.717) is 0 Å². The van der Waals surface area contributed by atoms with Crippen molar-refractivity contribution >= 4 is 27.8 Å². The van der Waals surface area contributed by atoms with Gasteiger partial charge in [-0.15, -0.1) is 0 Å². The minimum atomic E-state index is -0.655. The number of ether oxygens (including phenoxy) is 2. The zero-order valence-corrected chi connectivity index (χ0v) is 37.4. The molecule has 15 rings (SSSR count). The predicted octanol–water partition coefficient (Wildman–Crippen LogP) is 16.9. The monoisotopic (exact) mass is 879 g/mol. The number of benzene rings is 11. The van der Waals surface area contributed by atoms with Gasteiger partial charge in [-0.05, 0) is 128 Å². The van der Waals surface area contributed by atoms with Crippen LogP contribution >= 0.6 is 0 Å². The Morgan fingerprint density at radius 1 is 0.275 bits per heavy atom. The number of hydrogen-bond acceptors (Lipinski definition) is 3. The second-order valence-electron chi connectivity index (χ2n) is 18.7. The van der Waals surface area contributed by atoms with Gasteiger partial charge in [0.25, 0.3) is 0 Å². The van der Waals surface area contributed by atoms with E-state index >= 15 is 0 Å². The van der Waals surface area contributed by atoms with Gasteiger partial charge in [-0.2, -0.15) is 0 Å². The summed E-state index contributed by atoms with van der Waals surface area (Å²) in [5.74, 6) is 3.51. The lowest BCUT2D eigenvalue weighted by molar-refractivity contribution is 0.436. The molecule has 69 heavy (non-hydrogen) atoms. The lowest BCUT2D eigenvalue weighted by atomic mass is 9.66. The molecule has 0 radical (unpaired) electrons. The van der Waals surface area contributed by atoms with Crippen molar-refractivity contribution in [2.24, 2.45) is 0 Å². The van der Waals surface area contributed by atoms with Crippen LogP contribution < -0.4 is 14.4 Å². The zero-order chi connectivity index (χ0) is 45.3. The molecule has 0 aromatic heterocycles. The van der Waals surface area contributed by atoms with Crippen LogP contribution in [0.4, 0.5) is 17.1 Å². The van der Waals surface area contributed by atoms with E-state index in [-0.39, 0.29) is 0 Å². The van der Waals surface area contributed by atoms with E-state index in [2.05, 4.69) is 254 Å². The van der Waals surface area contributed by atoms with Crippen molar-refractivity contribution in [3.63, 3.8) is 0 Å². The predicted molar refractivity (Wildman–Crippen MR) is 279 cm³/mol. The number of hydrogen-bond donors (Lipinski definition) is 0. The molecule has 0 bridgehead atoms. The first kappa shape index (κ1) is 38.2. The normalized spacial score (nSPS) is 14.3. The first-order chi connectivity index (χ1) is 34.2. The maximum absolute atomic E-state index is 6.80. The molecule has 0 saturated carbocycles. The average molecular weight is 880 g/mol. The Balaban J connectivity index is 1.05. The van der Waals surface area contributed by atoms with Crippen molar-refractivity contribution in [1.82, 2.24) is 0 Å². The van der Waals surface area contributed by atoms with Gasteiger partial charge in [-0.25, -0.2) is 0 Å². The molecule has 0 saturated heterocycles. The van der Waals surface area contributed by atoms with Crippen molar-refractivity contribution in [2.45, 2.75) is 10.8 Å². The summed E-state index contributed by atoms with van der Waals surface area (Å²) in [6.07, 6.45) is 0. The molecule has 2 aliphatic heterocycles. The van der Waals surface area contributed by atoms with E-state index in [1.165, 1.54) is 66.4 Å². The van der Waals surface area contributed by atoms with Crippen LogP contribution in [0.1, 0.15) is 44.5 Å². The topological polar surface area (TPSA) is 21.7 Å². The van der Waals surface area contributed by atoms with Crippen molar-refractivity contribution in [2.75, 3.05) is 4.90 Å². The highest BCUT2D eigenvalue weighted by molar-refractivity contribution is 6.03. The Morgan fingerprint density at radius 3 is 1.35 bits per heavy atom. The summed E-state index contributed by atoms with van der Waals surface area (Å²) in [6, 6.07) is 91.1. The molecular formula is C66H41NO2. The number of rotatable bonds is 4. The van der Waals surface area contributed by atoms with Gasteiger partial charge in [0.15, 0.2) is 0 Å². The SMILES string of the molecule is c1ccc(-c2ccc(N(c3ccc4c(c3)C3(c5ccccc5Oc5ccccc53)c3ccccc3-4)c3cccc4c3-c3cc5ccccc5cc3C43c4ccccc4Oc4ccccc43)cc2)cc1. The molecule has 322 valence electrons. The molecule has 0 fully saturated rings. The van der Waals surface area contributed by atoms with Crippen molar-refractivity contribution in [1.29, 1.82) is 0 Å². The van der Waals surface area contributed by atoms with E-state index in [1.807, 2.05) is 0 Å². The van der Waals surface area contributed by atoms with E-state index in [1.54, 1.807) is 0 Å². The summed E-state index contributed by atoms with van der Waals surface area (Å²) in [5.41, 5.74) is 18.8. The van der Waals surface area contributed by atoms with E-state index in [4.69, 9.17) is 9.47 Å². The molecule has 3 heteroatoms. The summed E-state index contributed by atoms with van der Waals surface area (Å²) in [4.78, 5) is 2.51. The fraction of sp³-hybridized carbons (Fsp3) is 0.0303. The van der Waals surface area contributed by atoms with Crippen LogP contribution in [0.5, 0.6) is 23.0 Å². The van der Waals surface area contributed by atoms with Crippen LogP contribution in [0.15, 0.2) is 249 Å². The maximum atomic E-state index is 6.80. The molecule has 0 atom stereocenters. The summed E-state index contributed by atoms with van der Waals surface area (Å²) >= 11 is 0. The summed E-state index contributed by atoms with van der Waals surface area (Å²) in [5, 5.41) is 2.41. The number of fused-ring (bicyclic) bond motifs is 19. The highest BCUT2D eigenvalue weighted by atomic mass is 16.5. The third-order valence-electron chi connectivity index (χ3n) is 15.4. The van der Waals surface area contributed by atoms with Gasteiger partial charge >= 0.3 is 0 Å². The first-order valence-electron chi connectivity index (χ1n) is 23.8. The molecular weight excluding hydrogens is 839 g/mol. The van der Waals surface area contributed by atoms with Crippen molar-refractivity contribution < 1.29 is 9.47 Å². The summed E-state index contributed by atoms with van der Waals surface area (Å²) in [6.45, 7) is 0. The first-order valence-corrected chi connectivity index (χ1v) is 23.8. The van der Waals surface area contributed by atoms with Gasteiger partial charge in [0.05, 0.1) is 16.5 Å². The minimum Gasteiger partial charge on any atom is -0.457 e. The van der Waals surface area contributed by atoms with Crippen LogP contribution in [0.2, 0.25) is 0 Å². The van der Waals surface area contributed by atoms with Gasteiger partial charge in [0, 0.05) is 39.2 Å². The van der Waals surface area contributed by atoms with Gasteiger partial charge in [-0.1, -0.05) is 182 Å². The van der Waals surface area contributed by atoms with Crippen LogP contribution in [0.25, 0.3) is 44.2 Å². The van der Waals surface area contributed by atoms with Crippen LogP contribution in [-0.2, 0) is 10.8 Å². The quantitative estimate of drug-likeness (QED) is 0.176. The molecule has 4 aliphatic rings. The third-order valence-corrected chi connectivity index (χ3v) is 15.4. The molecule has 2 heterocycles. The lowest BCUT2D eigenvalue weighted by Gasteiger charge is -2.40. The molecule has 0 N–H and O–H groups in total. The second kappa shape index (κ2) is 14.3. The second-order valence-corrected chi connectivity index (χ2v) is 18.7. The Kier molecular flexibility index (Phi) is 7.92. The largest absolute Gasteiger partial charge is 0.457 e. The molecule has 2 aliphatic carbocycles. The molecule has 11 aromatic rings. The fourth-order valence-electron chi connectivity index (χ4n) is 12.6. The Hall–Kier alpha value is -8.92. The van der Waals surface area contributed by atoms with E-state index < -0.39 is 10.8 Å². The smallest absolute Gasteiger partial charge is 0.132 e. The number of para-hydroxylation sites is 4. The van der Waals surface area contributed by atoms with Crippen LogP contribution in [0, 0.1) is 0 Å². The molecule has 11 aromatic carbocycles. The lowest BCUT2D eigenvalue weighted by Crippen LogP contribution is -2.32. The maximum Gasteiger partial charge on any atom is 0.132 e. The Bertz CT molecular complexity index is 3830.